The van der Waals surface area contributed by atoms with Gasteiger partial charge in [-0.1, -0.05) is 42.7 Å². The van der Waals surface area contributed by atoms with Crippen molar-refractivity contribution < 1.29 is 4.74 Å². The van der Waals surface area contributed by atoms with Crippen molar-refractivity contribution in [2.75, 3.05) is 6.61 Å². The van der Waals surface area contributed by atoms with Gasteiger partial charge in [-0.05, 0) is 43.7 Å². The summed E-state index contributed by atoms with van der Waals surface area (Å²) in [5, 5.41) is 0. The molecule has 2 aliphatic rings. The van der Waals surface area contributed by atoms with Crippen molar-refractivity contribution in [3.8, 4) is 5.75 Å². The summed E-state index contributed by atoms with van der Waals surface area (Å²) in [4.78, 5) is 0. The van der Waals surface area contributed by atoms with Gasteiger partial charge in [0, 0.05) is 12.0 Å². The molecular weight excluding hydrogens is 260 g/mol. The lowest BCUT2D eigenvalue weighted by molar-refractivity contribution is 0.251. The molecular formula is C18H26N2O. The zero-order valence-electron chi connectivity index (χ0n) is 12.7. The van der Waals surface area contributed by atoms with Crippen molar-refractivity contribution in [1.82, 2.24) is 5.43 Å². The van der Waals surface area contributed by atoms with Gasteiger partial charge < -0.3 is 4.74 Å². The Bertz CT molecular complexity index is 498. The second-order valence-corrected chi connectivity index (χ2v) is 6.16. The third-order valence-electron chi connectivity index (χ3n) is 4.81. The molecule has 0 saturated heterocycles. The molecule has 1 aliphatic heterocycles. The molecule has 0 radical (unpaired) electrons. The van der Waals surface area contributed by atoms with Crippen LogP contribution < -0.4 is 16.0 Å². The van der Waals surface area contributed by atoms with Crippen LogP contribution in [0.15, 0.2) is 35.9 Å². The van der Waals surface area contributed by atoms with Gasteiger partial charge in [-0.25, -0.2) is 0 Å². The van der Waals surface area contributed by atoms with Gasteiger partial charge in [0.1, 0.15) is 5.75 Å². The number of hydrazine groups is 1. The van der Waals surface area contributed by atoms with Crippen LogP contribution in [0.1, 0.15) is 56.4 Å². The normalized spacial score (nSPS) is 26.5. The molecule has 114 valence electrons. The summed E-state index contributed by atoms with van der Waals surface area (Å²) in [7, 11) is 0. The SMILES string of the molecule is NNC(/C1=C/CCCCCC1)C1CCOc2ccccc21. The molecule has 0 fully saturated rings. The van der Waals surface area contributed by atoms with Crippen LogP contribution in [0.2, 0.25) is 0 Å². The van der Waals surface area contributed by atoms with Crippen LogP contribution in [0.25, 0.3) is 0 Å². The van der Waals surface area contributed by atoms with Crippen LogP contribution in [-0.4, -0.2) is 12.6 Å². The Kier molecular flexibility index (Phi) is 4.94. The smallest absolute Gasteiger partial charge is 0.122 e. The minimum atomic E-state index is 0.244. The Morgan fingerprint density at radius 3 is 2.90 bits per heavy atom. The maximum atomic E-state index is 5.95. The van der Waals surface area contributed by atoms with Crippen LogP contribution in [0, 0.1) is 0 Å². The third-order valence-corrected chi connectivity index (χ3v) is 4.81. The fourth-order valence-corrected chi connectivity index (χ4v) is 3.70. The molecule has 0 aromatic heterocycles. The molecule has 0 spiro atoms. The Morgan fingerprint density at radius 1 is 1.14 bits per heavy atom. The molecule has 0 saturated carbocycles. The highest BCUT2D eigenvalue weighted by Crippen LogP contribution is 2.38. The summed E-state index contributed by atoms with van der Waals surface area (Å²) in [5.74, 6) is 7.40. The Labute approximate surface area is 127 Å². The number of benzene rings is 1. The molecule has 1 heterocycles. The second-order valence-electron chi connectivity index (χ2n) is 6.16. The average molecular weight is 286 g/mol. The number of para-hydroxylation sites is 1. The molecule has 3 nitrogen and oxygen atoms in total. The first-order valence-corrected chi connectivity index (χ1v) is 8.27. The highest BCUT2D eigenvalue weighted by atomic mass is 16.5. The number of nitrogens with two attached hydrogens (primary N) is 1. The predicted molar refractivity (Wildman–Crippen MR) is 86.2 cm³/mol. The first kappa shape index (κ1) is 14.6. The maximum Gasteiger partial charge on any atom is 0.122 e. The largest absolute Gasteiger partial charge is 0.493 e. The lowest BCUT2D eigenvalue weighted by atomic mass is 9.81. The van der Waals surface area contributed by atoms with E-state index in [2.05, 4.69) is 29.7 Å². The molecule has 0 bridgehead atoms. The van der Waals surface area contributed by atoms with Gasteiger partial charge in [-0.2, -0.15) is 0 Å². The standard InChI is InChI=1S/C18H26N2O/c19-20-18(14-8-4-2-1-3-5-9-14)16-12-13-21-17-11-7-6-10-15(16)17/h6-8,10-11,16,18,20H,1-5,9,12-13,19H2/b14-8+. The number of hydrogen-bond donors (Lipinski definition) is 2. The van der Waals surface area contributed by atoms with Crippen LogP contribution in [0.4, 0.5) is 0 Å². The number of fused-ring (bicyclic) bond motifs is 1. The van der Waals surface area contributed by atoms with Crippen molar-refractivity contribution in [3.05, 3.63) is 41.5 Å². The molecule has 3 N–H and O–H groups in total. The molecule has 1 aromatic carbocycles. The van der Waals surface area contributed by atoms with Crippen molar-refractivity contribution in [2.24, 2.45) is 5.84 Å². The van der Waals surface area contributed by atoms with Gasteiger partial charge in [-0.15, -0.1) is 0 Å². The van der Waals surface area contributed by atoms with Gasteiger partial charge >= 0.3 is 0 Å². The van der Waals surface area contributed by atoms with Gasteiger partial charge in [0.15, 0.2) is 0 Å². The van der Waals surface area contributed by atoms with E-state index in [4.69, 9.17) is 10.6 Å². The van der Waals surface area contributed by atoms with Crippen LogP contribution in [-0.2, 0) is 0 Å². The summed E-state index contributed by atoms with van der Waals surface area (Å²) in [5.41, 5.74) is 5.91. The number of hydrogen-bond acceptors (Lipinski definition) is 3. The highest BCUT2D eigenvalue weighted by molar-refractivity contribution is 5.40. The summed E-state index contributed by atoms with van der Waals surface area (Å²) >= 11 is 0. The Morgan fingerprint density at radius 2 is 2.00 bits per heavy atom. The maximum absolute atomic E-state index is 5.95. The van der Waals surface area contributed by atoms with Gasteiger partial charge in [0.2, 0.25) is 0 Å². The van der Waals surface area contributed by atoms with Gasteiger partial charge in [0.05, 0.1) is 6.61 Å². The highest BCUT2D eigenvalue weighted by Gasteiger charge is 2.30. The Balaban J connectivity index is 1.86. The van der Waals surface area contributed by atoms with Crippen molar-refractivity contribution in [3.63, 3.8) is 0 Å². The number of nitrogens with one attached hydrogen (secondary N) is 1. The Hall–Kier alpha value is -1.32. The minimum Gasteiger partial charge on any atom is -0.493 e. The second kappa shape index (κ2) is 7.10. The summed E-state index contributed by atoms with van der Waals surface area (Å²) in [6.45, 7) is 0.785. The molecule has 2 unspecified atom stereocenters. The topological polar surface area (TPSA) is 47.3 Å². The molecule has 3 rings (SSSR count). The quantitative estimate of drug-likeness (QED) is 0.506. The van der Waals surface area contributed by atoms with E-state index in [0.717, 1.165) is 18.8 Å². The molecule has 1 aliphatic carbocycles. The van der Waals surface area contributed by atoms with E-state index in [1.165, 1.54) is 49.7 Å². The van der Waals surface area contributed by atoms with Crippen molar-refractivity contribution >= 4 is 0 Å². The number of allylic oxidation sites excluding steroid dienone is 1. The zero-order chi connectivity index (χ0) is 14.5. The summed E-state index contributed by atoms with van der Waals surface area (Å²) in [6, 6.07) is 8.64. The minimum absolute atomic E-state index is 0.244. The monoisotopic (exact) mass is 286 g/mol. The fourth-order valence-electron chi connectivity index (χ4n) is 3.70. The predicted octanol–water partition coefficient (Wildman–Crippen LogP) is 3.67. The van der Waals surface area contributed by atoms with E-state index >= 15 is 0 Å². The lowest BCUT2D eigenvalue weighted by Crippen LogP contribution is -2.43. The summed E-state index contributed by atoms with van der Waals surface area (Å²) in [6.07, 6.45) is 11.1. The van der Waals surface area contributed by atoms with Crippen molar-refractivity contribution in [1.29, 1.82) is 0 Å². The van der Waals surface area contributed by atoms with E-state index in [-0.39, 0.29) is 6.04 Å². The fraction of sp³-hybridized carbons (Fsp3) is 0.556. The van der Waals surface area contributed by atoms with E-state index < -0.39 is 0 Å². The average Bonchev–Trinajstić information content (AvgIpc) is 2.50. The van der Waals surface area contributed by atoms with Crippen molar-refractivity contribution in [2.45, 2.75) is 56.9 Å². The number of rotatable bonds is 3. The van der Waals surface area contributed by atoms with Crippen LogP contribution >= 0.6 is 0 Å². The molecule has 0 amide bonds. The first-order valence-electron chi connectivity index (χ1n) is 8.27. The molecule has 3 heteroatoms. The lowest BCUT2D eigenvalue weighted by Gasteiger charge is -2.34. The molecule has 2 atom stereocenters. The number of ether oxygens (including phenoxy) is 1. The first-order chi connectivity index (χ1) is 10.4. The van der Waals surface area contributed by atoms with Gasteiger partial charge in [-0.3, -0.25) is 11.3 Å². The van der Waals surface area contributed by atoms with Gasteiger partial charge in [0.25, 0.3) is 0 Å². The molecule has 1 aromatic rings. The van der Waals surface area contributed by atoms with E-state index in [9.17, 15) is 0 Å². The molecule has 21 heavy (non-hydrogen) atoms. The van der Waals surface area contributed by atoms with Crippen LogP contribution in [0.5, 0.6) is 5.75 Å². The van der Waals surface area contributed by atoms with E-state index in [1.807, 2.05) is 6.07 Å². The van der Waals surface area contributed by atoms with E-state index in [1.54, 1.807) is 0 Å². The summed E-state index contributed by atoms with van der Waals surface area (Å²) < 4.78 is 5.79. The zero-order valence-corrected chi connectivity index (χ0v) is 12.7. The van der Waals surface area contributed by atoms with Crippen LogP contribution in [0.3, 0.4) is 0 Å². The third kappa shape index (κ3) is 3.30. The van der Waals surface area contributed by atoms with E-state index in [0.29, 0.717) is 5.92 Å².